The van der Waals surface area contributed by atoms with Crippen LogP contribution < -0.4 is 0 Å². The zero-order chi connectivity index (χ0) is 18.4. The molecule has 0 saturated carbocycles. The third-order valence-corrected chi connectivity index (χ3v) is 5.39. The van der Waals surface area contributed by atoms with E-state index >= 15 is 0 Å². The van der Waals surface area contributed by atoms with Gasteiger partial charge in [-0.25, -0.2) is 0 Å². The van der Waals surface area contributed by atoms with E-state index in [1.807, 2.05) is 27.5 Å². The lowest BCUT2D eigenvalue weighted by molar-refractivity contribution is -0.134. The van der Waals surface area contributed by atoms with Crippen LogP contribution in [0.5, 0.6) is 0 Å². The molecule has 0 aromatic carbocycles. The van der Waals surface area contributed by atoms with Crippen LogP contribution in [0.1, 0.15) is 37.8 Å². The van der Waals surface area contributed by atoms with E-state index < -0.39 is 0 Å². The Morgan fingerprint density at radius 3 is 2.58 bits per heavy atom. The third-order valence-electron chi connectivity index (χ3n) is 5.39. The van der Waals surface area contributed by atoms with E-state index in [1.54, 1.807) is 6.20 Å². The average Bonchev–Trinajstić information content (AvgIpc) is 2.91. The molecule has 144 valence electrons. The number of aromatic nitrogens is 2. The highest BCUT2D eigenvalue weighted by molar-refractivity contribution is 5.78. The minimum atomic E-state index is 0.148. The van der Waals surface area contributed by atoms with Gasteiger partial charge in [0.05, 0.1) is 0 Å². The molecule has 2 amide bonds. The predicted octanol–water partition coefficient (Wildman–Crippen LogP) is 1.46. The first-order valence-electron chi connectivity index (χ1n) is 9.75. The van der Waals surface area contributed by atoms with Gasteiger partial charge < -0.3 is 14.5 Å². The number of ether oxygens (including phenoxy) is 1. The number of aryl methyl sites for hydroxylation is 2. The first-order valence-corrected chi connectivity index (χ1v) is 9.75. The molecule has 1 unspecified atom stereocenters. The lowest BCUT2D eigenvalue weighted by atomic mass is 9.98. The topological polar surface area (TPSA) is 67.7 Å². The van der Waals surface area contributed by atoms with E-state index in [1.165, 1.54) is 0 Å². The van der Waals surface area contributed by atoms with E-state index in [9.17, 15) is 9.59 Å². The molecule has 0 radical (unpaired) electrons. The van der Waals surface area contributed by atoms with Gasteiger partial charge in [-0.2, -0.15) is 5.10 Å². The minimum absolute atomic E-state index is 0.148. The molecule has 26 heavy (non-hydrogen) atoms. The van der Waals surface area contributed by atoms with Gasteiger partial charge in [-0.3, -0.25) is 14.3 Å². The summed E-state index contributed by atoms with van der Waals surface area (Å²) in [5.41, 5.74) is 1.07. The first-order chi connectivity index (χ1) is 12.6. The zero-order valence-corrected chi connectivity index (χ0v) is 15.7. The van der Waals surface area contributed by atoms with Gasteiger partial charge in [0, 0.05) is 70.7 Å². The van der Waals surface area contributed by atoms with Crippen molar-refractivity contribution < 1.29 is 14.3 Å². The Kier molecular flexibility index (Phi) is 6.66. The van der Waals surface area contributed by atoms with E-state index in [2.05, 4.69) is 5.10 Å². The molecule has 1 atom stereocenters. The van der Waals surface area contributed by atoms with Gasteiger partial charge >= 0.3 is 0 Å². The fraction of sp³-hybridized carbons (Fsp3) is 0.737. The Balaban J connectivity index is 1.44. The highest BCUT2D eigenvalue weighted by Gasteiger charge is 2.25. The molecule has 1 aromatic heterocycles. The van der Waals surface area contributed by atoms with Crippen LogP contribution in [0.25, 0.3) is 0 Å². The second-order valence-electron chi connectivity index (χ2n) is 7.35. The lowest BCUT2D eigenvalue weighted by Crippen LogP contribution is -2.38. The van der Waals surface area contributed by atoms with Gasteiger partial charge in [0.15, 0.2) is 0 Å². The molecule has 3 heterocycles. The average molecular weight is 362 g/mol. The molecule has 3 rings (SSSR count). The lowest BCUT2D eigenvalue weighted by Gasteiger charge is -2.26. The zero-order valence-electron chi connectivity index (χ0n) is 15.7. The van der Waals surface area contributed by atoms with E-state index in [0.717, 1.165) is 44.7 Å². The van der Waals surface area contributed by atoms with Crippen molar-refractivity contribution in [3.8, 4) is 0 Å². The molecule has 7 nitrogen and oxygen atoms in total. The van der Waals surface area contributed by atoms with E-state index in [4.69, 9.17) is 4.74 Å². The molecule has 7 heteroatoms. The molecule has 2 fully saturated rings. The Bertz CT molecular complexity index is 610. The minimum Gasteiger partial charge on any atom is -0.381 e. The normalized spacial score (nSPS) is 21.5. The number of nitrogens with zero attached hydrogens (tertiary/aromatic N) is 4. The number of rotatable bonds is 5. The Morgan fingerprint density at radius 1 is 1.15 bits per heavy atom. The number of amides is 2. The summed E-state index contributed by atoms with van der Waals surface area (Å²) in [6.45, 7) is 6.87. The van der Waals surface area contributed by atoms with Gasteiger partial charge in [0.2, 0.25) is 11.8 Å². The number of carbonyl (C=O) groups is 2. The van der Waals surface area contributed by atoms with Crippen LogP contribution in [0.15, 0.2) is 12.3 Å². The summed E-state index contributed by atoms with van der Waals surface area (Å²) >= 11 is 0. The van der Waals surface area contributed by atoms with Crippen molar-refractivity contribution in [3.63, 3.8) is 0 Å². The number of carbonyl (C=O) groups excluding carboxylic acids is 2. The SMILES string of the molecule is Cc1ccnn1CCC(=O)N1CCCN(C(=O)CC2CCCOC2)CC1. The van der Waals surface area contributed by atoms with Crippen molar-refractivity contribution in [2.24, 2.45) is 5.92 Å². The largest absolute Gasteiger partial charge is 0.381 e. The highest BCUT2D eigenvalue weighted by Crippen LogP contribution is 2.19. The molecule has 0 aliphatic carbocycles. The fourth-order valence-corrected chi connectivity index (χ4v) is 3.75. The van der Waals surface area contributed by atoms with Crippen molar-refractivity contribution in [2.75, 3.05) is 39.4 Å². The maximum Gasteiger partial charge on any atom is 0.224 e. The molecule has 2 aliphatic rings. The highest BCUT2D eigenvalue weighted by atomic mass is 16.5. The van der Waals surface area contributed by atoms with Crippen LogP contribution in [-0.2, 0) is 20.9 Å². The monoisotopic (exact) mass is 362 g/mol. The summed E-state index contributed by atoms with van der Waals surface area (Å²) in [5, 5.41) is 4.22. The maximum absolute atomic E-state index is 12.6. The quantitative estimate of drug-likeness (QED) is 0.795. The van der Waals surface area contributed by atoms with Gasteiger partial charge in [0.25, 0.3) is 0 Å². The van der Waals surface area contributed by atoms with Gasteiger partial charge in [-0.1, -0.05) is 0 Å². The Morgan fingerprint density at radius 2 is 1.92 bits per heavy atom. The molecule has 0 bridgehead atoms. The summed E-state index contributed by atoms with van der Waals surface area (Å²) in [5.74, 6) is 0.714. The molecule has 2 aliphatic heterocycles. The summed E-state index contributed by atoms with van der Waals surface area (Å²) in [6.07, 6.45) is 5.77. The third kappa shape index (κ3) is 5.06. The van der Waals surface area contributed by atoms with Gasteiger partial charge in [-0.15, -0.1) is 0 Å². The second kappa shape index (κ2) is 9.16. The first kappa shape index (κ1) is 18.9. The Labute approximate surface area is 155 Å². The predicted molar refractivity (Wildman–Crippen MR) is 97.5 cm³/mol. The standard InChI is InChI=1S/C19H30N4O3/c1-16-5-7-20-23(16)10-6-18(24)21-8-3-9-22(12-11-21)19(25)14-17-4-2-13-26-15-17/h5,7,17H,2-4,6,8-15H2,1H3. The van der Waals surface area contributed by atoms with Crippen molar-refractivity contribution in [2.45, 2.75) is 45.6 Å². The van der Waals surface area contributed by atoms with Crippen LogP contribution in [-0.4, -0.2) is 70.8 Å². The van der Waals surface area contributed by atoms with Crippen molar-refractivity contribution in [1.82, 2.24) is 19.6 Å². The van der Waals surface area contributed by atoms with Crippen LogP contribution in [0, 0.1) is 12.8 Å². The summed E-state index contributed by atoms with van der Waals surface area (Å²) in [4.78, 5) is 28.9. The van der Waals surface area contributed by atoms with E-state index in [-0.39, 0.29) is 11.8 Å². The molecule has 0 spiro atoms. The summed E-state index contributed by atoms with van der Waals surface area (Å²) < 4.78 is 7.34. The van der Waals surface area contributed by atoms with Crippen LogP contribution >= 0.6 is 0 Å². The van der Waals surface area contributed by atoms with Crippen LogP contribution in [0.2, 0.25) is 0 Å². The van der Waals surface area contributed by atoms with Crippen molar-refractivity contribution in [1.29, 1.82) is 0 Å². The fourth-order valence-electron chi connectivity index (χ4n) is 3.75. The summed E-state index contributed by atoms with van der Waals surface area (Å²) in [6, 6.07) is 1.94. The smallest absolute Gasteiger partial charge is 0.224 e. The van der Waals surface area contributed by atoms with Gasteiger partial charge in [0.1, 0.15) is 0 Å². The van der Waals surface area contributed by atoms with Crippen LogP contribution in [0.3, 0.4) is 0 Å². The second-order valence-corrected chi connectivity index (χ2v) is 7.35. The molecular formula is C19H30N4O3. The number of hydrogen-bond donors (Lipinski definition) is 0. The maximum atomic E-state index is 12.6. The Hall–Kier alpha value is -1.89. The van der Waals surface area contributed by atoms with E-state index in [0.29, 0.717) is 45.0 Å². The summed E-state index contributed by atoms with van der Waals surface area (Å²) in [7, 11) is 0. The molecule has 2 saturated heterocycles. The van der Waals surface area contributed by atoms with Crippen molar-refractivity contribution >= 4 is 11.8 Å². The number of hydrogen-bond acceptors (Lipinski definition) is 4. The molecule has 0 N–H and O–H groups in total. The molecule has 1 aromatic rings. The van der Waals surface area contributed by atoms with Crippen LogP contribution in [0.4, 0.5) is 0 Å². The molecular weight excluding hydrogens is 332 g/mol. The van der Waals surface area contributed by atoms with Crippen molar-refractivity contribution in [3.05, 3.63) is 18.0 Å². The van der Waals surface area contributed by atoms with Gasteiger partial charge in [-0.05, 0) is 38.2 Å².